The van der Waals surface area contributed by atoms with Crippen molar-refractivity contribution in [1.29, 1.82) is 0 Å². The number of carbonyl (C=O) groups is 2. The lowest BCUT2D eigenvalue weighted by molar-refractivity contribution is -0.140. The minimum atomic E-state index is -0.344. The maximum atomic E-state index is 11.1. The van der Waals surface area contributed by atoms with E-state index >= 15 is 0 Å². The molecule has 0 amide bonds. The Balaban J connectivity index is 0.000000251. The number of esters is 2. The maximum Gasteiger partial charge on any atom is 0.333 e. The lowest BCUT2D eigenvalue weighted by atomic mass is 9.84. The number of hydrogen-bond donors (Lipinski definition) is 0. The summed E-state index contributed by atoms with van der Waals surface area (Å²) in [6.07, 6.45) is 5.95. The predicted octanol–water partition coefficient (Wildman–Crippen LogP) is 4.60. The molecule has 0 radical (unpaired) electrons. The zero-order valence-electron chi connectivity index (χ0n) is 15.3. The van der Waals surface area contributed by atoms with Crippen LogP contribution in [0.5, 0.6) is 0 Å². The smallest absolute Gasteiger partial charge is 0.333 e. The normalized spacial score (nSPS) is 13.8. The minimum Gasteiger partial charge on any atom is -0.466 e. The summed E-state index contributed by atoms with van der Waals surface area (Å²) in [5, 5.41) is 0. The van der Waals surface area contributed by atoms with Gasteiger partial charge in [0.25, 0.3) is 0 Å². The first-order chi connectivity index (χ1) is 12.0. The van der Waals surface area contributed by atoms with Crippen LogP contribution in [0.4, 0.5) is 0 Å². The molecule has 0 saturated heterocycles. The highest BCUT2D eigenvalue weighted by molar-refractivity contribution is 5.88. The van der Waals surface area contributed by atoms with Crippen LogP contribution in [-0.4, -0.2) is 19.0 Å². The van der Waals surface area contributed by atoms with Crippen molar-refractivity contribution in [2.24, 2.45) is 5.92 Å². The first-order valence-corrected chi connectivity index (χ1v) is 8.59. The molecular formula is C21H28O4. The molecule has 1 aromatic carbocycles. The quantitative estimate of drug-likeness (QED) is 0.578. The summed E-state index contributed by atoms with van der Waals surface area (Å²) in [7, 11) is 1.41. The van der Waals surface area contributed by atoms with Crippen LogP contribution in [0.1, 0.15) is 44.6 Å². The second-order valence-electron chi connectivity index (χ2n) is 6.19. The Morgan fingerprint density at radius 3 is 2.16 bits per heavy atom. The second-order valence-corrected chi connectivity index (χ2v) is 6.19. The van der Waals surface area contributed by atoms with Crippen LogP contribution < -0.4 is 0 Å². The van der Waals surface area contributed by atoms with E-state index in [0.717, 1.165) is 18.4 Å². The van der Waals surface area contributed by atoms with Crippen molar-refractivity contribution in [3.05, 3.63) is 60.2 Å². The van der Waals surface area contributed by atoms with Gasteiger partial charge in [0.05, 0.1) is 7.11 Å². The Hall–Kier alpha value is -2.36. The van der Waals surface area contributed by atoms with Gasteiger partial charge in [-0.25, -0.2) is 9.59 Å². The molecule has 0 N–H and O–H groups in total. The summed E-state index contributed by atoms with van der Waals surface area (Å²) in [5.41, 5.74) is 2.07. The maximum absolute atomic E-state index is 11.1. The monoisotopic (exact) mass is 344 g/mol. The Labute approximate surface area is 150 Å². The van der Waals surface area contributed by atoms with Crippen molar-refractivity contribution in [2.45, 2.75) is 45.6 Å². The van der Waals surface area contributed by atoms with Gasteiger partial charge >= 0.3 is 11.9 Å². The van der Waals surface area contributed by atoms with Gasteiger partial charge in [-0.3, -0.25) is 0 Å². The van der Waals surface area contributed by atoms with Crippen LogP contribution >= 0.6 is 0 Å². The van der Waals surface area contributed by atoms with Gasteiger partial charge in [0.15, 0.2) is 0 Å². The van der Waals surface area contributed by atoms with E-state index in [1.54, 1.807) is 6.92 Å². The second kappa shape index (κ2) is 11.2. The third-order valence-electron chi connectivity index (χ3n) is 4.11. The molecule has 0 aliphatic heterocycles. The van der Waals surface area contributed by atoms with Gasteiger partial charge in [0.1, 0.15) is 6.61 Å². The largest absolute Gasteiger partial charge is 0.466 e. The fourth-order valence-corrected chi connectivity index (χ4v) is 2.60. The molecule has 1 aromatic rings. The highest BCUT2D eigenvalue weighted by atomic mass is 16.5. The Morgan fingerprint density at radius 1 is 1.04 bits per heavy atom. The molecule has 4 nitrogen and oxygen atoms in total. The van der Waals surface area contributed by atoms with Gasteiger partial charge in [-0.15, -0.1) is 0 Å². The van der Waals surface area contributed by atoms with Crippen molar-refractivity contribution >= 4 is 11.9 Å². The van der Waals surface area contributed by atoms with Gasteiger partial charge in [-0.05, 0) is 31.2 Å². The van der Waals surface area contributed by atoms with Crippen LogP contribution in [0.25, 0.3) is 0 Å². The fourth-order valence-electron chi connectivity index (χ4n) is 2.60. The molecule has 1 saturated carbocycles. The average Bonchev–Trinajstić information content (AvgIpc) is 2.66. The van der Waals surface area contributed by atoms with Gasteiger partial charge in [-0.2, -0.15) is 0 Å². The summed E-state index contributed by atoms with van der Waals surface area (Å²) in [4.78, 5) is 22.1. The number of carbonyl (C=O) groups excluding carboxylic acids is 2. The number of ether oxygens (including phenoxy) is 2. The average molecular weight is 344 g/mol. The molecule has 0 aromatic heterocycles. The van der Waals surface area contributed by atoms with E-state index in [-0.39, 0.29) is 11.9 Å². The summed E-state index contributed by atoms with van der Waals surface area (Å²) >= 11 is 0. The van der Waals surface area contributed by atoms with Crippen LogP contribution in [0.15, 0.2) is 54.6 Å². The van der Waals surface area contributed by atoms with Crippen LogP contribution in [-0.2, 0) is 25.7 Å². The van der Waals surface area contributed by atoms with Crippen LogP contribution in [0.3, 0.4) is 0 Å². The predicted molar refractivity (Wildman–Crippen MR) is 98.8 cm³/mol. The Bertz CT molecular complexity index is 583. The van der Waals surface area contributed by atoms with Gasteiger partial charge in [0.2, 0.25) is 0 Å². The van der Waals surface area contributed by atoms with Crippen molar-refractivity contribution in [3.8, 4) is 0 Å². The van der Waals surface area contributed by atoms with Crippen molar-refractivity contribution < 1.29 is 19.1 Å². The van der Waals surface area contributed by atoms with Crippen molar-refractivity contribution in [1.82, 2.24) is 0 Å². The molecule has 0 heterocycles. The van der Waals surface area contributed by atoms with E-state index in [0.29, 0.717) is 23.7 Å². The van der Waals surface area contributed by atoms with Crippen LogP contribution in [0.2, 0.25) is 0 Å². The molecule has 136 valence electrons. The van der Waals surface area contributed by atoms with E-state index in [9.17, 15) is 9.59 Å². The molecule has 0 bridgehead atoms. The number of methoxy groups -OCH3 is 1. The molecule has 25 heavy (non-hydrogen) atoms. The lowest BCUT2D eigenvalue weighted by Crippen LogP contribution is -2.16. The summed E-state index contributed by atoms with van der Waals surface area (Å²) in [5.74, 6) is -0.197. The lowest BCUT2D eigenvalue weighted by Gasteiger charge is -2.21. The minimum absolute atomic E-state index is 0.234. The molecule has 4 heteroatoms. The van der Waals surface area contributed by atoms with E-state index in [2.05, 4.69) is 17.9 Å². The third kappa shape index (κ3) is 7.84. The van der Waals surface area contributed by atoms with E-state index < -0.39 is 0 Å². The fraction of sp³-hybridized carbons (Fsp3) is 0.429. The Morgan fingerprint density at radius 2 is 1.64 bits per heavy atom. The molecular weight excluding hydrogens is 316 g/mol. The van der Waals surface area contributed by atoms with E-state index in [1.165, 1.54) is 26.4 Å². The summed E-state index contributed by atoms with van der Waals surface area (Å²) < 4.78 is 9.58. The summed E-state index contributed by atoms with van der Waals surface area (Å²) in [6.45, 7) is 9.21. The SMILES string of the molecule is C=C(C(=O)OC)C1CCCCC1.C=C(C)C(=O)OCc1ccccc1. The zero-order valence-corrected chi connectivity index (χ0v) is 15.3. The van der Waals surface area contributed by atoms with Crippen molar-refractivity contribution in [3.63, 3.8) is 0 Å². The Kier molecular flexibility index (Phi) is 9.30. The molecule has 1 fully saturated rings. The molecule has 0 atom stereocenters. The van der Waals surface area contributed by atoms with E-state index in [4.69, 9.17) is 4.74 Å². The molecule has 0 spiro atoms. The number of rotatable bonds is 5. The highest BCUT2D eigenvalue weighted by Crippen LogP contribution is 2.29. The van der Waals surface area contributed by atoms with Gasteiger partial charge < -0.3 is 9.47 Å². The topological polar surface area (TPSA) is 52.6 Å². The number of benzene rings is 1. The third-order valence-corrected chi connectivity index (χ3v) is 4.11. The molecule has 2 rings (SSSR count). The van der Waals surface area contributed by atoms with Crippen molar-refractivity contribution in [2.75, 3.05) is 7.11 Å². The zero-order chi connectivity index (χ0) is 18.7. The first-order valence-electron chi connectivity index (χ1n) is 8.59. The highest BCUT2D eigenvalue weighted by Gasteiger charge is 2.21. The van der Waals surface area contributed by atoms with Gasteiger partial charge in [0, 0.05) is 11.1 Å². The van der Waals surface area contributed by atoms with Crippen LogP contribution in [0, 0.1) is 5.92 Å². The standard InChI is InChI=1S/C11H12O2.C10H16O2/c1-9(2)11(12)13-8-10-6-4-3-5-7-10;1-8(10(11)12-2)9-6-4-3-5-7-9/h3-7H,1,8H2,2H3;9H,1,3-7H2,2H3. The number of hydrogen-bond acceptors (Lipinski definition) is 4. The van der Waals surface area contributed by atoms with Gasteiger partial charge in [-0.1, -0.05) is 62.8 Å². The van der Waals surface area contributed by atoms with E-state index in [1.807, 2.05) is 30.3 Å². The summed E-state index contributed by atoms with van der Waals surface area (Å²) in [6, 6.07) is 9.55. The molecule has 1 aliphatic rings. The first kappa shape index (κ1) is 20.7. The molecule has 0 unspecified atom stereocenters. The molecule has 1 aliphatic carbocycles.